The van der Waals surface area contributed by atoms with Crippen molar-refractivity contribution in [1.29, 1.82) is 0 Å². The van der Waals surface area contributed by atoms with Gasteiger partial charge in [0.05, 0.1) is 5.56 Å². The molecule has 0 saturated carbocycles. The van der Waals surface area contributed by atoms with Gasteiger partial charge >= 0.3 is 0 Å². The Kier molecular flexibility index (Phi) is 3.13. The van der Waals surface area contributed by atoms with E-state index in [1.165, 1.54) is 16.2 Å². The second-order valence-corrected chi connectivity index (χ2v) is 4.84. The molecule has 2 aromatic heterocycles. The monoisotopic (exact) mass is 238 g/mol. The Morgan fingerprint density at radius 1 is 1.53 bits per heavy atom. The molecule has 0 unspecified atom stereocenters. The molecule has 2 heterocycles. The van der Waals surface area contributed by atoms with Gasteiger partial charge in [0, 0.05) is 21.8 Å². The highest BCUT2D eigenvalue weighted by Gasteiger charge is 2.09. The fourth-order valence-corrected chi connectivity index (χ4v) is 2.48. The summed E-state index contributed by atoms with van der Waals surface area (Å²) < 4.78 is 0. The first-order chi connectivity index (χ1) is 7.29. The number of amides is 1. The lowest BCUT2D eigenvalue weighted by Crippen LogP contribution is -2.10. The van der Waals surface area contributed by atoms with Gasteiger partial charge in [-0.1, -0.05) is 6.92 Å². The van der Waals surface area contributed by atoms with Gasteiger partial charge < -0.3 is 0 Å². The van der Waals surface area contributed by atoms with Gasteiger partial charge in [-0.3, -0.25) is 10.1 Å². The first-order valence-electron chi connectivity index (χ1n) is 4.58. The summed E-state index contributed by atoms with van der Waals surface area (Å²) in [6.45, 7) is 2.08. The number of carbonyl (C=O) groups is 1. The summed E-state index contributed by atoms with van der Waals surface area (Å²) in [4.78, 5) is 16.9. The van der Waals surface area contributed by atoms with Crippen molar-refractivity contribution in [2.45, 2.75) is 13.3 Å². The van der Waals surface area contributed by atoms with Crippen LogP contribution in [0.1, 0.15) is 22.2 Å². The van der Waals surface area contributed by atoms with Crippen LogP contribution < -0.4 is 5.32 Å². The van der Waals surface area contributed by atoms with Gasteiger partial charge in [0.15, 0.2) is 5.13 Å². The number of nitrogens with zero attached hydrogens (tertiary/aromatic N) is 1. The zero-order chi connectivity index (χ0) is 10.7. The molecule has 0 aliphatic rings. The number of anilines is 1. The number of hydrogen-bond donors (Lipinski definition) is 1. The third-order valence-corrected chi connectivity index (χ3v) is 3.69. The molecule has 0 aliphatic carbocycles. The van der Waals surface area contributed by atoms with Crippen LogP contribution in [0.2, 0.25) is 0 Å². The third-order valence-electron chi connectivity index (χ3n) is 1.92. The van der Waals surface area contributed by atoms with Crippen LogP contribution in [0, 0.1) is 0 Å². The number of thiophene rings is 1. The van der Waals surface area contributed by atoms with Crippen molar-refractivity contribution in [3.8, 4) is 0 Å². The molecule has 0 bridgehead atoms. The molecule has 3 nitrogen and oxygen atoms in total. The molecular formula is C10H10N2OS2. The Balaban J connectivity index is 2.08. The maximum absolute atomic E-state index is 11.7. The Morgan fingerprint density at radius 3 is 3.00 bits per heavy atom. The molecule has 0 atom stereocenters. The number of aromatic nitrogens is 1. The van der Waals surface area contributed by atoms with Crippen molar-refractivity contribution in [1.82, 2.24) is 4.98 Å². The molecule has 0 spiro atoms. The molecule has 5 heteroatoms. The van der Waals surface area contributed by atoms with Gasteiger partial charge in [0.2, 0.25) is 0 Å². The van der Waals surface area contributed by atoms with E-state index in [1.807, 2.05) is 16.8 Å². The normalized spacial score (nSPS) is 10.2. The van der Waals surface area contributed by atoms with Gasteiger partial charge in [-0.2, -0.15) is 0 Å². The van der Waals surface area contributed by atoms with E-state index in [0.717, 1.165) is 6.42 Å². The van der Waals surface area contributed by atoms with E-state index in [4.69, 9.17) is 0 Å². The summed E-state index contributed by atoms with van der Waals surface area (Å²) in [5.74, 6) is -0.0825. The smallest absolute Gasteiger partial charge is 0.258 e. The topological polar surface area (TPSA) is 42.0 Å². The highest BCUT2D eigenvalue weighted by atomic mass is 32.1. The minimum absolute atomic E-state index is 0.0825. The van der Waals surface area contributed by atoms with E-state index in [2.05, 4.69) is 17.2 Å². The molecule has 1 N–H and O–H groups in total. The molecule has 0 aromatic carbocycles. The van der Waals surface area contributed by atoms with Crippen LogP contribution in [0.15, 0.2) is 23.0 Å². The van der Waals surface area contributed by atoms with Crippen LogP contribution >= 0.6 is 22.7 Å². The Hall–Kier alpha value is -1.20. The number of carbonyl (C=O) groups excluding carboxylic acids is 1. The lowest BCUT2D eigenvalue weighted by molar-refractivity contribution is 0.102. The van der Waals surface area contributed by atoms with E-state index >= 15 is 0 Å². The quantitative estimate of drug-likeness (QED) is 0.893. The van der Waals surface area contributed by atoms with Crippen molar-refractivity contribution >= 4 is 33.7 Å². The van der Waals surface area contributed by atoms with Crippen LogP contribution in [-0.2, 0) is 6.42 Å². The molecule has 2 rings (SSSR count). The number of rotatable bonds is 3. The summed E-state index contributed by atoms with van der Waals surface area (Å²) >= 11 is 3.03. The van der Waals surface area contributed by atoms with Crippen molar-refractivity contribution < 1.29 is 4.79 Å². The maximum Gasteiger partial charge on any atom is 0.258 e. The average Bonchev–Trinajstić information content (AvgIpc) is 2.86. The van der Waals surface area contributed by atoms with Crippen molar-refractivity contribution in [3.05, 3.63) is 33.5 Å². The van der Waals surface area contributed by atoms with Crippen molar-refractivity contribution in [3.63, 3.8) is 0 Å². The summed E-state index contributed by atoms with van der Waals surface area (Å²) in [7, 11) is 0. The summed E-state index contributed by atoms with van der Waals surface area (Å²) in [5, 5.41) is 7.10. The Labute approximate surface area is 95.8 Å². The molecule has 0 fully saturated rings. The number of aryl methyl sites for hydroxylation is 1. The van der Waals surface area contributed by atoms with Gasteiger partial charge in [-0.15, -0.1) is 22.7 Å². The van der Waals surface area contributed by atoms with Gasteiger partial charge in [0.1, 0.15) is 0 Å². The summed E-state index contributed by atoms with van der Waals surface area (Å²) in [6.07, 6.45) is 2.64. The highest BCUT2D eigenvalue weighted by Crippen LogP contribution is 2.17. The van der Waals surface area contributed by atoms with Crippen LogP contribution in [0.5, 0.6) is 0 Å². The van der Waals surface area contributed by atoms with Crippen LogP contribution in [0.4, 0.5) is 5.13 Å². The minimum atomic E-state index is -0.0825. The van der Waals surface area contributed by atoms with Crippen molar-refractivity contribution in [2.24, 2.45) is 0 Å². The molecule has 2 aromatic rings. The van der Waals surface area contributed by atoms with E-state index < -0.39 is 0 Å². The molecule has 0 radical (unpaired) electrons. The number of nitrogens with one attached hydrogen (secondary N) is 1. The van der Waals surface area contributed by atoms with Gasteiger partial charge in [-0.05, 0) is 12.5 Å². The lowest BCUT2D eigenvalue weighted by Gasteiger charge is -1.97. The van der Waals surface area contributed by atoms with E-state index in [1.54, 1.807) is 17.5 Å². The fourth-order valence-electron chi connectivity index (χ4n) is 1.14. The summed E-state index contributed by atoms with van der Waals surface area (Å²) in [5.41, 5.74) is 0.715. The van der Waals surface area contributed by atoms with Crippen LogP contribution in [0.3, 0.4) is 0 Å². The third kappa shape index (κ3) is 2.43. The summed E-state index contributed by atoms with van der Waals surface area (Å²) in [6, 6.07) is 1.92. The first-order valence-corrected chi connectivity index (χ1v) is 6.33. The first kappa shape index (κ1) is 10.3. The van der Waals surface area contributed by atoms with E-state index in [0.29, 0.717) is 10.7 Å². The number of hydrogen-bond acceptors (Lipinski definition) is 4. The van der Waals surface area contributed by atoms with Gasteiger partial charge in [-0.25, -0.2) is 4.98 Å². The van der Waals surface area contributed by atoms with Crippen molar-refractivity contribution in [2.75, 3.05) is 5.32 Å². The lowest BCUT2D eigenvalue weighted by atomic mass is 10.3. The van der Waals surface area contributed by atoms with E-state index in [9.17, 15) is 4.79 Å². The molecule has 15 heavy (non-hydrogen) atoms. The maximum atomic E-state index is 11.7. The average molecular weight is 238 g/mol. The second kappa shape index (κ2) is 4.55. The zero-order valence-corrected chi connectivity index (χ0v) is 9.82. The largest absolute Gasteiger partial charge is 0.298 e. The Morgan fingerprint density at radius 2 is 2.40 bits per heavy atom. The van der Waals surface area contributed by atoms with E-state index in [-0.39, 0.29) is 5.91 Å². The molecule has 0 aliphatic heterocycles. The highest BCUT2D eigenvalue weighted by molar-refractivity contribution is 7.13. The fraction of sp³-hybridized carbons (Fsp3) is 0.200. The molecule has 1 amide bonds. The standard InChI is InChI=1S/C10H10N2OS2/c1-2-8-5-7(6-15-8)9(13)12-10-11-3-4-14-10/h3-6H,2H2,1H3,(H,11,12,13). The number of thiazole rings is 1. The van der Waals surface area contributed by atoms with Gasteiger partial charge in [0.25, 0.3) is 5.91 Å². The second-order valence-electron chi connectivity index (χ2n) is 2.95. The predicted molar refractivity (Wildman–Crippen MR) is 63.8 cm³/mol. The SMILES string of the molecule is CCc1cc(C(=O)Nc2nccs2)cs1. The molecule has 0 saturated heterocycles. The predicted octanol–water partition coefficient (Wildman–Crippen LogP) is 3.02. The van der Waals surface area contributed by atoms with Crippen LogP contribution in [-0.4, -0.2) is 10.9 Å². The molecular weight excluding hydrogens is 228 g/mol. The Bertz CT molecular complexity index is 448. The minimum Gasteiger partial charge on any atom is -0.298 e. The zero-order valence-electron chi connectivity index (χ0n) is 8.19. The van der Waals surface area contributed by atoms with Crippen LogP contribution in [0.25, 0.3) is 0 Å². The molecule has 78 valence electrons.